The summed E-state index contributed by atoms with van der Waals surface area (Å²) in [7, 11) is -3.56. The van der Waals surface area contributed by atoms with Crippen LogP contribution in [0.5, 0.6) is 0 Å². The van der Waals surface area contributed by atoms with Gasteiger partial charge in [0.05, 0.1) is 11.8 Å². The lowest BCUT2D eigenvalue weighted by molar-refractivity contribution is 0.0277. The molecule has 0 amide bonds. The van der Waals surface area contributed by atoms with Crippen molar-refractivity contribution < 1.29 is 13.5 Å². The van der Waals surface area contributed by atoms with Gasteiger partial charge in [-0.2, -0.15) is 5.10 Å². The molecule has 114 valence electrons. The van der Waals surface area contributed by atoms with E-state index in [9.17, 15) is 13.5 Å². The highest BCUT2D eigenvalue weighted by Crippen LogP contribution is 2.32. The van der Waals surface area contributed by atoms with Crippen LogP contribution >= 0.6 is 0 Å². The Morgan fingerprint density at radius 3 is 2.65 bits per heavy atom. The van der Waals surface area contributed by atoms with Gasteiger partial charge in [0.1, 0.15) is 0 Å². The molecule has 20 heavy (non-hydrogen) atoms. The zero-order valence-electron chi connectivity index (χ0n) is 12.2. The quantitative estimate of drug-likeness (QED) is 0.822. The lowest BCUT2D eigenvalue weighted by Crippen LogP contribution is -2.46. The Kier molecular flexibility index (Phi) is 4.51. The lowest BCUT2D eigenvalue weighted by atomic mass is 9.77. The van der Waals surface area contributed by atoms with Crippen molar-refractivity contribution in [3.05, 3.63) is 11.8 Å². The highest BCUT2D eigenvalue weighted by atomic mass is 32.2. The van der Waals surface area contributed by atoms with E-state index in [1.807, 2.05) is 13.8 Å². The Morgan fingerprint density at radius 2 is 2.15 bits per heavy atom. The van der Waals surface area contributed by atoms with Gasteiger partial charge in [-0.15, -0.1) is 0 Å². The highest BCUT2D eigenvalue weighted by Gasteiger charge is 2.36. The van der Waals surface area contributed by atoms with Crippen LogP contribution in [0.25, 0.3) is 0 Å². The smallest absolute Gasteiger partial charge is 0.257 e. The fraction of sp³-hybridized carbons (Fsp3) is 0.769. The number of aliphatic hydroxyl groups is 1. The van der Waals surface area contributed by atoms with Crippen LogP contribution in [-0.4, -0.2) is 35.5 Å². The predicted octanol–water partition coefficient (Wildman–Crippen LogP) is 1.04. The lowest BCUT2D eigenvalue weighted by Gasteiger charge is -2.37. The minimum atomic E-state index is -3.56. The topological polar surface area (TPSA) is 84.2 Å². The number of hydrogen-bond acceptors (Lipinski definition) is 4. The average molecular weight is 301 g/mol. The largest absolute Gasteiger partial charge is 0.393 e. The molecular formula is C13H23N3O3S. The van der Waals surface area contributed by atoms with Crippen LogP contribution in [-0.2, 0) is 16.6 Å². The van der Waals surface area contributed by atoms with Crippen molar-refractivity contribution >= 4 is 10.0 Å². The molecule has 1 aliphatic carbocycles. The molecule has 1 fully saturated rings. The first kappa shape index (κ1) is 15.5. The summed E-state index contributed by atoms with van der Waals surface area (Å²) in [6.45, 7) is 6.12. The third-order valence-corrected chi connectivity index (χ3v) is 5.40. The molecule has 0 bridgehead atoms. The summed E-state index contributed by atoms with van der Waals surface area (Å²) in [5.74, 6) is 0.226. The Labute approximate surface area is 120 Å². The number of rotatable bonds is 6. The Hall–Kier alpha value is -0.920. The summed E-state index contributed by atoms with van der Waals surface area (Å²) in [5, 5.41) is 13.8. The van der Waals surface area contributed by atoms with Crippen LogP contribution in [0.2, 0.25) is 0 Å². The molecule has 0 aliphatic heterocycles. The van der Waals surface area contributed by atoms with Crippen molar-refractivity contribution in [2.24, 2.45) is 5.92 Å². The number of sulfonamides is 1. The molecule has 1 aromatic rings. The molecule has 2 rings (SSSR count). The van der Waals surface area contributed by atoms with Crippen molar-refractivity contribution in [2.45, 2.75) is 63.8 Å². The number of aromatic nitrogens is 2. The van der Waals surface area contributed by atoms with Crippen LogP contribution in [0.4, 0.5) is 0 Å². The van der Waals surface area contributed by atoms with Gasteiger partial charge in [-0.1, -0.05) is 6.92 Å². The normalized spacial score (nSPS) is 24.4. The maximum atomic E-state index is 12.5. The third-order valence-electron chi connectivity index (χ3n) is 3.91. The summed E-state index contributed by atoms with van der Waals surface area (Å²) >= 11 is 0. The Bertz CT molecular complexity index is 561. The molecule has 0 unspecified atom stereocenters. The van der Waals surface area contributed by atoms with Crippen LogP contribution in [0, 0.1) is 12.8 Å². The van der Waals surface area contributed by atoms with Crippen LogP contribution in [0.1, 0.15) is 38.8 Å². The summed E-state index contributed by atoms with van der Waals surface area (Å²) in [6, 6.07) is 1.47. The molecule has 1 saturated carbocycles. The summed E-state index contributed by atoms with van der Waals surface area (Å²) in [4.78, 5) is 0. The van der Waals surface area contributed by atoms with Crippen molar-refractivity contribution in [3.8, 4) is 0 Å². The van der Waals surface area contributed by atoms with Crippen LogP contribution in [0.15, 0.2) is 11.1 Å². The van der Waals surface area contributed by atoms with Gasteiger partial charge in [0.2, 0.25) is 0 Å². The summed E-state index contributed by atoms with van der Waals surface area (Å²) in [5.41, 5.74) is 0.694. The minimum absolute atomic E-state index is 0.121. The second-order valence-electron chi connectivity index (χ2n) is 5.46. The molecule has 1 aromatic heterocycles. The number of aryl methyl sites for hydroxylation is 2. The first-order valence-corrected chi connectivity index (χ1v) is 8.60. The number of hydrogen-bond donors (Lipinski definition) is 2. The predicted molar refractivity (Wildman–Crippen MR) is 75.8 cm³/mol. The van der Waals surface area contributed by atoms with Crippen molar-refractivity contribution in [3.63, 3.8) is 0 Å². The Balaban J connectivity index is 2.17. The SMILES string of the molecule is CC[C@H](NS(=O)(=O)c1cc(C)nn1CC)C1CC(O)C1. The first-order valence-electron chi connectivity index (χ1n) is 7.12. The molecular weight excluding hydrogens is 278 g/mol. The highest BCUT2D eigenvalue weighted by molar-refractivity contribution is 7.89. The van der Waals surface area contributed by atoms with Gasteiger partial charge in [-0.05, 0) is 45.1 Å². The maximum Gasteiger partial charge on any atom is 0.257 e. The van der Waals surface area contributed by atoms with E-state index < -0.39 is 10.0 Å². The number of nitrogens with zero attached hydrogens (tertiary/aromatic N) is 2. The second kappa shape index (κ2) is 5.83. The zero-order valence-corrected chi connectivity index (χ0v) is 13.0. The molecule has 1 aliphatic rings. The molecule has 0 radical (unpaired) electrons. The van der Waals surface area contributed by atoms with E-state index in [1.54, 1.807) is 13.0 Å². The van der Waals surface area contributed by atoms with Gasteiger partial charge in [0.25, 0.3) is 10.0 Å². The second-order valence-corrected chi connectivity index (χ2v) is 7.12. The molecule has 0 aromatic carbocycles. The van der Waals surface area contributed by atoms with E-state index in [2.05, 4.69) is 9.82 Å². The summed E-state index contributed by atoms with van der Waals surface area (Å²) in [6.07, 6.45) is 1.79. The molecule has 6 nitrogen and oxygen atoms in total. The van der Waals surface area contributed by atoms with E-state index in [-0.39, 0.29) is 23.1 Å². The van der Waals surface area contributed by atoms with E-state index in [4.69, 9.17) is 0 Å². The van der Waals surface area contributed by atoms with Gasteiger partial charge in [0.15, 0.2) is 5.03 Å². The van der Waals surface area contributed by atoms with E-state index >= 15 is 0 Å². The maximum absolute atomic E-state index is 12.5. The molecule has 1 atom stereocenters. The van der Waals surface area contributed by atoms with E-state index in [1.165, 1.54) is 4.68 Å². The fourth-order valence-electron chi connectivity index (χ4n) is 2.70. The number of nitrogens with one attached hydrogen (secondary N) is 1. The van der Waals surface area contributed by atoms with Crippen LogP contribution < -0.4 is 4.72 Å². The monoisotopic (exact) mass is 301 g/mol. The molecule has 0 spiro atoms. The van der Waals surface area contributed by atoms with Gasteiger partial charge in [-0.25, -0.2) is 13.1 Å². The minimum Gasteiger partial charge on any atom is -0.393 e. The van der Waals surface area contributed by atoms with Crippen molar-refractivity contribution in [1.29, 1.82) is 0 Å². The van der Waals surface area contributed by atoms with Gasteiger partial charge < -0.3 is 5.11 Å². The standard InChI is InChI=1S/C13H23N3O3S/c1-4-12(10-7-11(17)8-10)15-20(18,19)13-6-9(3)14-16(13)5-2/h6,10-12,15,17H,4-5,7-8H2,1-3H3/t10?,11?,12-/m0/s1. The van der Waals surface area contributed by atoms with E-state index in [0.717, 1.165) is 6.42 Å². The molecule has 0 saturated heterocycles. The molecule has 1 heterocycles. The van der Waals surface area contributed by atoms with Gasteiger partial charge >= 0.3 is 0 Å². The first-order chi connectivity index (χ1) is 9.37. The van der Waals surface area contributed by atoms with Crippen molar-refractivity contribution in [1.82, 2.24) is 14.5 Å². The van der Waals surface area contributed by atoms with Gasteiger partial charge in [0, 0.05) is 12.6 Å². The van der Waals surface area contributed by atoms with Crippen LogP contribution in [0.3, 0.4) is 0 Å². The van der Waals surface area contributed by atoms with Crippen molar-refractivity contribution in [2.75, 3.05) is 0 Å². The Morgan fingerprint density at radius 1 is 1.50 bits per heavy atom. The van der Waals surface area contributed by atoms with E-state index in [0.29, 0.717) is 25.1 Å². The average Bonchev–Trinajstić information content (AvgIpc) is 2.74. The number of aliphatic hydroxyl groups excluding tert-OH is 1. The molecule has 7 heteroatoms. The van der Waals surface area contributed by atoms with Gasteiger partial charge in [-0.3, -0.25) is 4.68 Å². The zero-order chi connectivity index (χ0) is 14.9. The molecule has 2 N–H and O–H groups in total. The fourth-order valence-corrected chi connectivity index (χ4v) is 4.35. The third kappa shape index (κ3) is 3.05. The summed E-state index contributed by atoms with van der Waals surface area (Å²) < 4.78 is 29.2.